The van der Waals surface area contributed by atoms with Gasteiger partial charge in [-0.15, -0.1) is 0 Å². The number of carbonyl (C=O) groups excluding carboxylic acids is 1. The highest BCUT2D eigenvalue weighted by Gasteiger charge is 2.16. The molecule has 0 spiro atoms. The maximum Gasteiger partial charge on any atom is 0.220 e. The van der Waals surface area contributed by atoms with E-state index < -0.39 is 0 Å². The smallest absolute Gasteiger partial charge is 0.220 e. The van der Waals surface area contributed by atoms with Gasteiger partial charge in [-0.05, 0) is 23.1 Å². The Bertz CT molecular complexity index is 477. The van der Waals surface area contributed by atoms with Gasteiger partial charge in [0.15, 0.2) is 0 Å². The lowest BCUT2D eigenvalue weighted by molar-refractivity contribution is -0.122. The van der Waals surface area contributed by atoms with Crippen molar-refractivity contribution in [2.24, 2.45) is 5.41 Å². The molecule has 116 valence electrons. The first-order valence-electron chi connectivity index (χ1n) is 7.48. The van der Waals surface area contributed by atoms with E-state index in [-0.39, 0.29) is 11.3 Å². The molecule has 0 atom stereocenters. The Balaban J connectivity index is 1.90. The van der Waals surface area contributed by atoms with E-state index in [1.807, 2.05) is 12.1 Å². The molecule has 1 aliphatic rings. The number of rotatable bonds is 4. The molecule has 0 saturated carbocycles. The molecule has 0 aliphatic carbocycles. The van der Waals surface area contributed by atoms with Gasteiger partial charge in [0.05, 0.1) is 13.2 Å². The molecule has 1 fully saturated rings. The Morgan fingerprint density at radius 2 is 2.10 bits per heavy atom. The van der Waals surface area contributed by atoms with Crippen LogP contribution < -0.4 is 10.2 Å². The number of morpholine rings is 1. The average molecular weight is 291 g/mol. The molecule has 2 rings (SSSR count). The van der Waals surface area contributed by atoms with Gasteiger partial charge >= 0.3 is 0 Å². The van der Waals surface area contributed by atoms with Crippen LogP contribution in [0.5, 0.6) is 0 Å². The Hall–Kier alpha value is -1.62. The molecule has 1 aliphatic heterocycles. The Morgan fingerprint density at radius 1 is 1.38 bits per heavy atom. The maximum atomic E-state index is 11.9. The van der Waals surface area contributed by atoms with Gasteiger partial charge in [0.25, 0.3) is 0 Å². The van der Waals surface area contributed by atoms with Crippen molar-refractivity contribution in [3.05, 3.63) is 23.9 Å². The lowest BCUT2D eigenvalue weighted by Gasteiger charge is -2.28. The number of carbonyl (C=O) groups is 1. The van der Waals surface area contributed by atoms with E-state index in [0.29, 0.717) is 13.0 Å². The summed E-state index contributed by atoms with van der Waals surface area (Å²) in [4.78, 5) is 18.5. The number of hydrogen-bond acceptors (Lipinski definition) is 4. The highest BCUT2D eigenvalue weighted by Crippen LogP contribution is 2.18. The van der Waals surface area contributed by atoms with E-state index in [1.165, 1.54) is 0 Å². The zero-order chi connectivity index (χ0) is 15.3. The normalized spacial score (nSPS) is 15.9. The summed E-state index contributed by atoms with van der Waals surface area (Å²) in [6.07, 6.45) is 2.34. The molecular formula is C16H25N3O2. The molecule has 1 aromatic heterocycles. The number of nitrogens with zero attached hydrogens (tertiary/aromatic N) is 2. The van der Waals surface area contributed by atoms with Crippen LogP contribution in [0.4, 0.5) is 5.82 Å². The molecule has 1 saturated heterocycles. The summed E-state index contributed by atoms with van der Waals surface area (Å²) >= 11 is 0. The van der Waals surface area contributed by atoms with Crippen LogP contribution in [0.15, 0.2) is 18.3 Å². The molecule has 1 N–H and O–H groups in total. The number of hydrogen-bond donors (Lipinski definition) is 1. The van der Waals surface area contributed by atoms with Gasteiger partial charge in [-0.1, -0.05) is 20.8 Å². The minimum absolute atomic E-state index is 0.0152. The van der Waals surface area contributed by atoms with Gasteiger partial charge in [-0.3, -0.25) is 4.79 Å². The van der Waals surface area contributed by atoms with E-state index in [0.717, 1.165) is 37.7 Å². The Kier molecular flexibility index (Phi) is 5.17. The van der Waals surface area contributed by atoms with Crippen LogP contribution in [0.1, 0.15) is 32.8 Å². The largest absolute Gasteiger partial charge is 0.378 e. The van der Waals surface area contributed by atoms with Crippen molar-refractivity contribution in [3.63, 3.8) is 0 Å². The summed E-state index contributed by atoms with van der Waals surface area (Å²) in [5.74, 6) is 1.05. The summed E-state index contributed by atoms with van der Waals surface area (Å²) in [6, 6.07) is 3.99. The molecule has 21 heavy (non-hydrogen) atoms. The predicted molar refractivity (Wildman–Crippen MR) is 83.2 cm³/mol. The molecule has 0 aromatic carbocycles. The van der Waals surface area contributed by atoms with Gasteiger partial charge in [0.2, 0.25) is 5.91 Å². The number of nitrogens with one attached hydrogen (secondary N) is 1. The van der Waals surface area contributed by atoms with Crippen molar-refractivity contribution in [1.29, 1.82) is 0 Å². The van der Waals surface area contributed by atoms with E-state index in [9.17, 15) is 4.79 Å². The van der Waals surface area contributed by atoms with Gasteiger partial charge in [0.1, 0.15) is 5.82 Å². The molecule has 0 unspecified atom stereocenters. The van der Waals surface area contributed by atoms with E-state index in [4.69, 9.17) is 4.74 Å². The molecule has 0 radical (unpaired) electrons. The molecular weight excluding hydrogens is 266 g/mol. The third-order valence-corrected chi connectivity index (χ3v) is 3.33. The minimum Gasteiger partial charge on any atom is -0.378 e. The van der Waals surface area contributed by atoms with Crippen molar-refractivity contribution in [2.75, 3.05) is 31.2 Å². The maximum absolute atomic E-state index is 11.9. The lowest BCUT2D eigenvalue weighted by atomic mass is 9.92. The van der Waals surface area contributed by atoms with Crippen LogP contribution >= 0.6 is 0 Å². The van der Waals surface area contributed by atoms with Crippen LogP contribution in [0.3, 0.4) is 0 Å². The van der Waals surface area contributed by atoms with E-state index in [2.05, 4.69) is 36.0 Å². The lowest BCUT2D eigenvalue weighted by Crippen LogP contribution is -2.36. The standard InChI is InChI=1S/C16H25N3O2/c1-16(2,3)11-15(20)18-12-13-4-5-17-14(10-13)19-6-8-21-9-7-19/h4-5,10H,6-9,11-12H2,1-3H3,(H,18,20). The monoisotopic (exact) mass is 291 g/mol. The van der Waals surface area contributed by atoms with Crippen LogP contribution in [-0.2, 0) is 16.1 Å². The van der Waals surface area contributed by atoms with Gasteiger partial charge in [-0.25, -0.2) is 4.98 Å². The van der Waals surface area contributed by atoms with Gasteiger partial charge in [0, 0.05) is 32.3 Å². The summed E-state index contributed by atoms with van der Waals surface area (Å²) in [5, 5.41) is 2.98. The summed E-state index contributed by atoms with van der Waals surface area (Å²) in [6.45, 7) is 9.97. The molecule has 0 bridgehead atoms. The number of pyridine rings is 1. The topological polar surface area (TPSA) is 54.5 Å². The van der Waals surface area contributed by atoms with E-state index in [1.54, 1.807) is 6.20 Å². The molecule has 5 nitrogen and oxygen atoms in total. The Morgan fingerprint density at radius 3 is 2.76 bits per heavy atom. The third kappa shape index (κ3) is 5.34. The second-order valence-corrected chi connectivity index (χ2v) is 6.64. The SMILES string of the molecule is CC(C)(C)CC(=O)NCc1ccnc(N2CCOCC2)c1. The third-order valence-electron chi connectivity index (χ3n) is 3.33. The summed E-state index contributed by atoms with van der Waals surface area (Å²) in [7, 11) is 0. The van der Waals surface area contributed by atoms with Crippen molar-refractivity contribution >= 4 is 11.7 Å². The number of ether oxygens (including phenoxy) is 1. The fourth-order valence-corrected chi connectivity index (χ4v) is 2.28. The highest BCUT2D eigenvalue weighted by atomic mass is 16.5. The minimum atomic E-state index is 0.0152. The number of amides is 1. The molecule has 5 heteroatoms. The van der Waals surface area contributed by atoms with Crippen LogP contribution in [0.2, 0.25) is 0 Å². The van der Waals surface area contributed by atoms with Gasteiger partial charge < -0.3 is 15.0 Å². The number of anilines is 1. The molecule has 1 aromatic rings. The van der Waals surface area contributed by atoms with Crippen molar-refractivity contribution in [3.8, 4) is 0 Å². The second kappa shape index (κ2) is 6.89. The summed E-state index contributed by atoms with van der Waals surface area (Å²) < 4.78 is 5.35. The highest BCUT2D eigenvalue weighted by molar-refractivity contribution is 5.76. The van der Waals surface area contributed by atoms with Crippen LogP contribution in [0, 0.1) is 5.41 Å². The van der Waals surface area contributed by atoms with Gasteiger partial charge in [-0.2, -0.15) is 0 Å². The molecule has 1 amide bonds. The zero-order valence-electron chi connectivity index (χ0n) is 13.2. The second-order valence-electron chi connectivity index (χ2n) is 6.64. The fraction of sp³-hybridized carbons (Fsp3) is 0.625. The molecule has 2 heterocycles. The van der Waals surface area contributed by atoms with E-state index >= 15 is 0 Å². The number of aromatic nitrogens is 1. The zero-order valence-corrected chi connectivity index (χ0v) is 13.2. The Labute approximate surface area is 126 Å². The van der Waals surface area contributed by atoms with Crippen LogP contribution in [0.25, 0.3) is 0 Å². The average Bonchev–Trinajstić information content (AvgIpc) is 2.45. The van der Waals surface area contributed by atoms with Crippen molar-refractivity contribution in [2.45, 2.75) is 33.7 Å². The van der Waals surface area contributed by atoms with Crippen molar-refractivity contribution < 1.29 is 9.53 Å². The quantitative estimate of drug-likeness (QED) is 0.921. The first kappa shape index (κ1) is 15.8. The first-order valence-corrected chi connectivity index (χ1v) is 7.48. The van der Waals surface area contributed by atoms with Crippen LogP contribution in [-0.4, -0.2) is 37.2 Å². The predicted octanol–water partition coefficient (Wildman–Crippen LogP) is 1.97. The summed E-state index contributed by atoms with van der Waals surface area (Å²) in [5.41, 5.74) is 1.09. The van der Waals surface area contributed by atoms with Crippen molar-refractivity contribution in [1.82, 2.24) is 10.3 Å². The fourth-order valence-electron chi connectivity index (χ4n) is 2.28. The first-order chi connectivity index (χ1) is 9.94.